The van der Waals surface area contributed by atoms with Gasteiger partial charge in [-0.3, -0.25) is 0 Å². The maximum Gasteiger partial charge on any atom is 0.243 e. The lowest BCUT2D eigenvalue weighted by Gasteiger charge is -2.25. The van der Waals surface area contributed by atoms with Crippen LogP contribution in [0.4, 0.5) is 0 Å². The van der Waals surface area contributed by atoms with Crippen LogP contribution in [-0.4, -0.2) is 25.3 Å². The molecule has 1 rings (SSSR count). The summed E-state index contributed by atoms with van der Waals surface area (Å²) < 4.78 is 26.6. The standard InChI is InChI=1S/C14H20N2O2S/c1-11(2)16(9-5-8-15)19(17,18)14-7-6-12(3)10-13(14)4/h6-7,10-11H,5,9H2,1-4H3. The molecule has 1 aromatic rings. The third-order valence-electron chi connectivity index (χ3n) is 2.94. The quantitative estimate of drug-likeness (QED) is 0.833. The van der Waals surface area contributed by atoms with Crippen molar-refractivity contribution in [1.29, 1.82) is 5.26 Å². The number of rotatable bonds is 5. The van der Waals surface area contributed by atoms with Gasteiger partial charge in [-0.1, -0.05) is 17.7 Å². The number of nitrogens with zero attached hydrogens (tertiary/aromatic N) is 2. The van der Waals surface area contributed by atoms with Crippen molar-refractivity contribution in [1.82, 2.24) is 4.31 Å². The molecule has 104 valence electrons. The highest BCUT2D eigenvalue weighted by Crippen LogP contribution is 2.22. The molecule has 5 heteroatoms. The summed E-state index contributed by atoms with van der Waals surface area (Å²) in [6.45, 7) is 7.59. The van der Waals surface area contributed by atoms with Crippen molar-refractivity contribution in [3.63, 3.8) is 0 Å². The second-order valence-electron chi connectivity index (χ2n) is 4.89. The molecule has 0 radical (unpaired) electrons. The second kappa shape index (κ2) is 6.18. The monoisotopic (exact) mass is 280 g/mol. The summed E-state index contributed by atoms with van der Waals surface area (Å²) >= 11 is 0. The summed E-state index contributed by atoms with van der Waals surface area (Å²) in [5.41, 5.74) is 1.77. The summed E-state index contributed by atoms with van der Waals surface area (Å²) in [6.07, 6.45) is 0.197. The predicted molar refractivity (Wildman–Crippen MR) is 75.2 cm³/mol. The van der Waals surface area contributed by atoms with Gasteiger partial charge in [0.2, 0.25) is 10.0 Å². The van der Waals surface area contributed by atoms with E-state index in [9.17, 15) is 8.42 Å². The molecular weight excluding hydrogens is 260 g/mol. The molecular formula is C14H20N2O2S. The first-order valence-corrected chi connectivity index (χ1v) is 7.70. The number of benzene rings is 1. The smallest absolute Gasteiger partial charge is 0.207 e. The van der Waals surface area contributed by atoms with Gasteiger partial charge in [-0.15, -0.1) is 0 Å². The van der Waals surface area contributed by atoms with E-state index in [4.69, 9.17) is 5.26 Å². The topological polar surface area (TPSA) is 61.2 Å². The number of nitriles is 1. The van der Waals surface area contributed by atoms with Crippen molar-refractivity contribution < 1.29 is 8.42 Å². The van der Waals surface area contributed by atoms with Crippen LogP contribution >= 0.6 is 0 Å². The average Bonchev–Trinajstić information content (AvgIpc) is 2.27. The number of aryl methyl sites for hydroxylation is 2. The van der Waals surface area contributed by atoms with Gasteiger partial charge in [0.1, 0.15) is 0 Å². The minimum atomic E-state index is -3.54. The Bertz CT molecular complexity index is 586. The minimum Gasteiger partial charge on any atom is -0.207 e. The summed E-state index contributed by atoms with van der Waals surface area (Å²) in [5, 5.41) is 8.65. The van der Waals surface area contributed by atoms with Crippen molar-refractivity contribution in [3.8, 4) is 6.07 Å². The molecule has 0 saturated heterocycles. The van der Waals surface area contributed by atoms with E-state index >= 15 is 0 Å². The van der Waals surface area contributed by atoms with Crippen LogP contribution in [0.3, 0.4) is 0 Å². The van der Waals surface area contributed by atoms with Crippen LogP contribution in [-0.2, 0) is 10.0 Å². The number of sulfonamides is 1. The van der Waals surface area contributed by atoms with Gasteiger partial charge in [-0.2, -0.15) is 9.57 Å². The van der Waals surface area contributed by atoms with Gasteiger partial charge >= 0.3 is 0 Å². The highest BCUT2D eigenvalue weighted by Gasteiger charge is 2.27. The molecule has 0 aliphatic carbocycles. The number of hydrogen-bond acceptors (Lipinski definition) is 3. The van der Waals surface area contributed by atoms with Gasteiger partial charge in [0.25, 0.3) is 0 Å². The van der Waals surface area contributed by atoms with Gasteiger partial charge in [-0.25, -0.2) is 8.42 Å². The van der Waals surface area contributed by atoms with E-state index in [0.717, 1.165) is 11.1 Å². The fourth-order valence-electron chi connectivity index (χ4n) is 2.03. The molecule has 0 fully saturated rings. The van der Waals surface area contributed by atoms with E-state index in [1.807, 2.05) is 32.9 Å². The lowest BCUT2D eigenvalue weighted by atomic mass is 10.2. The second-order valence-corrected chi connectivity index (χ2v) is 6.75. The van der Waals surface area contributed by atoms with E-state index in [-0.39, 0.29) is 19.0 Å². The zero-order valence-electron chi connectivity index (χ0n) is 11.8. The Morgan fingerprint density at radius 2 is 1.95 bits per heavy atom. The molecule has 0 aliphatic rings. The first-order valence-electron chi connectivity index (χ1n) is 6.26. The van der Waals surface area contributed by atoms with Crippen molar-refractivity contribution in [2.24, 2.45) is 0 Å². The van der Waals surface area contributed by atoms with Gasteiger partial charge in [0.05, 0.1) is 11.0 Å². The maximum atomic E-state index is 12.6. The normalized spacial score (nSPS) is 11.8. The Morgan fingerprint density at radius 3 is 2.42 bits per heavy atom. The van der Waals surface area contributed by atoms with E-state index in [1.54, 1.807) is 19.1 Å². The molecule has 0 atom stereocenters. The van der Waals surface area contributed by atoms with E-state index in [2.05, 4.69) is 0 Å². The summed E-state index contributed by atoms with van der Waals surface area (Å²) in [7, 11) is -3.54. The molecule has 0 spiro atoms. The molecule has 0 unspecified atom stereocenters. The van der Waals surface area contributed by atoms with E-state index in [0.29, 0.717) is 4.90 Å². The van der Waals surface area contributed by atoms with Crippen molar-refractivity contribution >= 4 is 10.0 Å². The summed E-state index contributed by atoms with van der Waals surface area (Å²) in [4.78, 5) is 0.324. The molecule has 4 nitrogen and oxygen atoms in total. The lowest BCUT2D eigenvalue weighted by Crippen LogP contribution is -2.37. The first-order chi connectivity index (χ1) is 8.80. The van der Waals surface area contributed by atoms with Gasteiger partial charge in [0.15, 0.2) is 0 Å². The third kappa shape index (κ3) is 3.55. The van der Waals surface area contributed by atoms with Crippen molar-refractivity contribution in [2.75, 3.05) is 6.54 Å². The Hall–Kier alpha value is -1.38. The summed E-state index contributed by atoms with van der Waals surface area (Å²) in [5.74, 6) is 0. The van der Waals surface area contributed by atoms with Gasteiger partial charge in [-0.05, 0) is 39.3 Å². The van der Waals surface area contributed by atoms with Crippen LogP contribution < -0.4 is 0 Å². The van der Waals surface area contributed by atoms with Crippen LogP contribution in [0.5, 0.6) is 0 Å². The molecule has 1 aromatic carbocycles. The van der Waals surface area contributed by atoms with Gasteiger partial charge < -0.3 is 0 Å². The predicted octanol–water partition coefficient (Wildman–Crippen LogP) is 2.62. The molecule has 0 aliphatic heterocycles. The minimum absolute atomic E-state index is 0.168. The van der Waals surface area contributed by atoms with Crippen LogP contribution in [0, 0.1) is 25.2 Å². The first kappa shape index (κ1) is 15.7. The lowest BCUT2D eigenvalue weighted by molar-refractivity contribution is 0.360. The highest BCUT2D eigenvalue weighted by atomic mass is 32.2. The maximum absolute atomic E-state index is 12.6. The molecule has 0 saturated carbocycles. The summed E-state index contributed by atoms with van der Waals surface area (Å²) in [6, 6.07) is 7.12. The van der Waals surface area contributed by atoms with E-state index in [1.165, 1.54) is 4.31 Å². The van der Waals surface area contributed by atoms with Crippen LogP contribution in [0.2, 0.25) is 0 Å². The Labute approximate surface area is 115 Å². The van der Waals surface area contributed by atoms with Crippen LogP contribution in [0.1, 0.15) is 31.4 Å². The molecule has 0 aromatic heterocycles. The zero-order valence-corrected chi connectivity index (χ0v) is 12.7. The molecule has 0 amide bonds. The molecule has 19 heavy (non-hydrogen) atoms. The van der Waals surface area contributed by atoms with Crippen molar-refractivity contribution in [3.05, 3.63) is 29.3 Å². The largest absolute Gasteiger partial charge is 0.243 e. The highest BCUT2D eigenvalue weighted by molar-refractivity contribution is 7.89. The SMILES string of the molecule is Cc1ccc(S(=O)(=O)N(CCC#N)C(C)C)c(C)c1. The fourth-order valence-corrected chi connectivity index (χ4v) is 3.88. The Balaban J connectivity index is 3.23. The van der Waals surface area contributed by atoms with Gasteiger partial charge in [0, 0.05) is 19.0 Å². The molecule has 0 bridgehead atoms. The fraction of sp³-hybridized carbons (Fsp3) is 0.500. The van der Waals surface area contributed by atoms with Crippen molar-refractivity contribution in [2.45, 2.75) is 45.1 Å². The third-order valence-corrected chi connectivity index (χ3v) is 5.17. The van der Waals surface area contributed by atoms with Crippen LogP contribution in [0.25, 0.3) is 0 Å². The Kier molecular flexibility index (Phi) is 5.10. The van der Waals surface area contributed by atoms with Crippen LogP contribution in [0.15, 0.2) is 23.1 Å². The molecule has 0 heterocycles. The Morgan fingerprint density at radius 1 is 1.32 bits per heavy atom. The average molecular weight is 280 g/mol. The van der Waals surface area contributed by atoms with E-state index < -0.39 is 10.0 Å². The number of hydrogen-bond donors (Lipinski definition) is 0. The molecule has 0 N–H and O–H groups in total. The zero-order chi connectivity index (χ0) is 14.6.